The molecule has 0 saturated carbocycles. The summed E-state index contributed by atoms with van der Waals surface area (Å²) in [5, 5.41) is 3.09. The van der Waals surface area contributed by atoms with Gasteiger partial charge in [0.05, 0.1) is 12.2 Å². The summed E-state index contributed by atoms with van der Waals surface area (Å²) in [6, 6.07) is 6.44. The highest BCUT2D eigenvalue weighted by molar-refractivity contribution is 5.23. The first-order valence-electron chi connectivity index (χ1n) is 5.97. The van der Waals surface area contributed by atoms with Crippen molar-refractivity contribution in [2.24, 2.45) is 0 Å². The zero-order chi connectivity index (χ0) is 12.1. The van der Waals surface area contributed by atoms with Crippen molar-refractivity contribution in [1.82, 2.24) is 5.32 Å². The van der Waals surface area contributed by atoms with Crippen LogP contribution in [0.5, 0.6) is 5.75 Å². The Morgan fingerprint density at radius 2 is 2.12 bits per heavy atom. The fourth-order valence-corrected chi connectivity index (χ4v) is 2.03. The lowest BCUT2D eigenvalue weighted by molar-refractivity contribution is 0.0186. The van der Waals surface area contributed by atoms with Crippen LogP contribution in [0.15, 0.2) is 24.3 Å². The quantitative estimate of drug-likeness (QED) is 0.852. The third-order valence-corrected chi connectivity index (χ3v) is 2.89. The van der Waals surface area contributed by atoms with E-state index in [1.165, 1.54) is 6.07 Å². The number of nitrogens with one attached hydrogen (secondary N) is 1. The van der Waals surface area contributed by atoms with Gasteiger partial charge in [-0.15, -0.1) is 0 Å². The van der Waals surface area contributed by atoms with Gasteiger partial charge >= 0.3 is 0 Å². The molecule has 1 aromatic carbocycles. The molecule has 0 amide bonds. The van der Waals surface area contributed by atoms with Crippen molar-refractivity contribution in [2.75, 3.05) is 20.2 Å². The van der Waals surface area contributed by atoms with Crippen molar-refractivity contribution >= 4 is 0 Å². The molecule has 17 heavy (non-hydrogen) atoms. The molecule has 1 fully saturated rings. The van der Waals surface area contributed by atoms with Gasteiger partial charge in [0.2, 0.25) is 0 Å². The SMILES string of the molecule is CNCC1CCC(COc2ccccc2F)O1. The van der Waals surface area contributed by atoms with E-state index in [2.05, 4.69) is 5.32 Å². The molecule has 0 radical (unpaired) electrons. The minimum Gasteiger partial charge on any atom is -0.488 e. The highest BCUT2D eigenvalue weighted by atomic mass is 19.1. The Labute approximate surface area is 101 Å². The van der Waals surface area contributed by atoms with Gasteiger partial charge in [-0.25, -0.2) is 4.39 Å². The average molecular weight is 239 g/mol. The fraction of sp³-hybridized carbons (Fsp3) is 0.538. The Hall–Kier alpha value is -1.13. The Morgan fingerprint density at radius 3 is 2.88 bits per heavy atom. The van der Waals surface area contributed by atoms with Crippen molar-refractivity contribution in [3.05, 3.63) is 30.1 Å². The number of halogens is 1. The lowest BCUT2D eigenvalue weighted by Gasteiger charge is -2.14. The molecule has 0 aliphatic carbocycles. The maximum atomic E-state index is 13.3. The number of hydrogen-bond donors (Lipinski definition) is 1. The van der Waals surface area contributed by atoms with E-state index in [0.717, 1.165) is 19.4 Å². The molecular formula is C13H18FNO2. The van der Waals surface area contributed by atoms with Crippen molar-refractivity contribution < 1.29 is 13.9 Å². The zero-order valence-electron chi connectivity index (χ0n) is 9.99. The number of likely N-dealkylation sites (N-methyl/N-ethyl adjacent to an activating group) is 1. The van der Waals surface area contributed by atoms with Crippen LogP contribution in [0.3, 0.4) is 0 Å². The van der Waals surface area contributed by atoms with Crippen molar-refractivity contribution in [3.63, 3.8) is 0 Å². The van der Waals surface area contributed by atoms with E-state index in [9.17, 15) is 4.39 Å². The Bertz CT molecular complexity index is 359. The van der Waals surface area contributed by atoms with Crippen LogP contribution in [0.1, 0.15) is 12.8 Å². The van der Waals surface area contributed by atoms with Crippen LogP contribution in [0.25, 0.3) is 0 Å². The normalized spacial score (nSPS) is 23.9. The van der Waals surface area contributed by atoms with Crippen LogP contribution in [0.2, 0.25) is 0 Å². The van der Waals surface area contributed by atoms with E-state index in [-0.39, 0.29) is 18.0 Å². The van der Waals surface area contributed by atoms with Gasteiger partial charge in [-0.05, 0) is 32.0 Å². The lowest BCUT2D eigenvalue weighted by atomic mass is 10.2. The minimum atomic E-state index is -0.322. The summed E-state index contributed by atoms with van der Waals surface area (Å²) < 4.78 is 24.5. The molecule has 2 atom stereocenters. The van der Waals surface area contributed by atoms with E-state index < -0.39 is 0 Å². The van der Waals surface area contributed by atoms with Gasteiger partial charge in [-0.1, -0.05) is 12.1 Å². The van der Waals surface area contributed by atoms with Crippen LogP contribution in [0.4, 0.5) is 4.39 Å². The molecule has 0 spiro atoms. The molecule has 1 heterocycles. The van der Waals surface area contributed by atoms with E-state index in [4.69, 9.17) is 9.47 Å². The van der Waals surface area contributed by atoms with Crippen molar-refractivity contribution in [3.8, 4) is 5.75 Å². The smallest absolute Gasteiger partial charge is 0.165 e. The molecule has 0 aromatic heterocycles. The van der Waals surface area contributed by atoms with Crippen LogP contribution >= 0.6 is 0 Å². The first-order valence-corrected chi connectivity index (χ1v) is 5.97. The highest BCUT2D eigenvalue weighted by Crippen LogP contribution is 2.21. The first-order chi connectivity index (χ1) is 8.29. The van der Waals surface area contributed by atoms with Gasteiger partial charge in [0.15, 0.2) is 11.6 Å². The summed E-state index contributed by atoms with van der Waals surface area (Å²) in [5.41, 5.74) is 0. The number of benzene rings is 1. The van der Waals surface area contributed by atoms with E-state index in [1.54, 1.807) is 18.2 Å². The standard InChI is InChI=1S/C13H18FNO2/c1-15-8-10-6-7-11(17-10)9-16-13-5-3-2-4-12(13)14/h2-5,10-11,15H,6-9H2,1H3. The zero-order valence-corrected chi connectivity index (χ0v) is 9.99. The first kappa shape index (κ1) is 12.3. The van der Waals surface area contributed by atoms with Gasteiger partial charge < -0.3 is 14.8 Å². The van der Waals surface area contributed by atoms with Gasteiger partial charge in [-0.3, -0.25) is 0 Å². The van der Waals surface area contributed by atoms with Gasteiger partial charge in [-0.2, -0.15) is 0 Å². The molecule has 1 N–H and O–H groups in total. The Morgan fingerprint density at radius 1 is 1.35 bits per heavy atom. The second-order valence-corrected chi connectivity index (χ2v) is 4.26. The third-order valence-electron chi connectivity index (χ3n) is 2.89. The van der Waals surface area contributed by atoms with Crippen molar-refractivity contribution in [2.45, 2.75) is 25.0 Å². The molecule has 4 heteroatoms. The van der Waals surface area contributed by atoms with E-state index in [0.29, 0.717) is 12.4 Å². The Balaban J connectivity index is 1.78. The number of hydrogen-bond acceptors (Lipinski definition) is 3. The molecule has 2 unspecified atom stereocenters. The van der Waals surface area contributed by atoms with Gasteiger partial charge in [0.1, 0.15) is 6.61 Å². The summed E-state index contributed by atoms with van der Waals surface area (Å²) in [6.45, 7) is 1.28. The molecule has 1 aliphatic heterocycles. The predicted octanol–water partition coefficient (Wildman–Crippen LogP) is 1.97. The van der Waals surface area contributed by atoms with Crippen LogP contribution in [-0.4, -0.2) is 32.4 Å². The molecular weight excluding hydrogens is 221 g/mol. The van der Waals surface area contributed by atoms with E-state index in [1.807, 2.05) is 7.05 Å². The summed E-state index contributed by atoms with van der Waals surface area (Å²) >= 11 is 0. The summed E-state index contributed by atoms with van der Waals surface area (Å²) in [6.07, 6.45) is 2.34. The molecule has 1 aliphatic rings. The second kappa shape index (κ2) is 5.98. The molecule has 0 bridgehead atoms. The van der Waals surface area contributed by atoms with Crippen LogP contribution in [-0.2, 0) is 4.74 Å². The van der Waals surface area contributed by atoms with Crippen LogP contribution in [0, 0.1) is 5.82 Å². The Kier molecular flexibility index (Phi) is 4.34. The van der Waals surface area contributed by atoms with Crippen LogP contribution < -0.4 is 10.1 Å². The predicted molar refractivity (Wildman–Crippen MR) is 63.7 cm³/mol. The number of ether oxygens (including phenoxy) is 2. The number of rotatable bonds is 5. The molecule has 94 valence electrons. The topological polar surface area (TPSA) is 30.5 Å². The maximum absolute atomic E-state index is 13.3. The minimum absolute atomic E-state index is 0.0768. The third kappa shape index (κ3) is 3.41. The maximum Gasteiger partial charge on any atom is 0.165 e. The van der Waals surface area contributed by atoms with Gasteiger partial charge in [0, 0.05) is 6.54 Å². The van der Waals surface area contributed by atoms with Crippen molar-refractivity contribution in [1.29, 1.82) is 0 Å². The van der Waals surface area contributed by atoms with E-state index >= 15 is 0 Å². The second-order valence-electron chi connectivity index (χ2n) is 4.26. The molecule has 1 aromatic rings. The number of para-hydroxylation sites is 1. The summed E-state index contributed by atoms with van der Waals surface area (Å²) in [4.78, 5) is 0. The molecule has 3 nitrogen and oxygen atoms in total. The molecule has 1 saturated heterocycles. The highest BCUT2D eigenvalue weighted by Gasteiger charge is 2.25. The summed E-state index contributed by atoms with van der Waals surface area (Å²) in [7, 11) is 1.91. The summed E-state index contributed by atoms with van der Waals surface area (Å²) in [5.74, 6) is -0.0227. The average Bonchev–Trinajstić information content (AvgIpc) is 2.76. The van der Waals surface area contributed by atoms with Gasteiger partial charge in [0.25, 0.3) is 0 Å². The largest absolute Gasteiger partial charge is 0.488 e. The molecule has 2 rings (SSSR count). The lowest BCUT2D eigenvalue weighted by Crippen LogP contribution is -2.25. The monoisotopic (exact) mass is 239 g/mol. The fourth-order valence-electron chi connectivity index (χ4n) is 2.03.